The summed E-state index contributed by atoms with van der Waals surface area (Å²) in [5, 5.41) is 9.24. The maximum atomic E-state index is 13.3. The van der Waals surface area contributed by atoms with Gasteiger partial charge in [0.2, 0.25) is 5.91 Å². The maximum absolute atomic E-state index is 13.3. The van der Waals surface area contributed by atoms with Gasteiger partial charge in [0.25, 0.3) is 0 Å². The molecule has 1 aromatic carbocycles. The average Bonchev–Trinajstić information content (AvgIpc) is 3.00. The van der Waals surface area contributed by atoms with Gasteiger partial charge in [0.15, 0.2) is 0 Å². The molecule has 1 aromatic heterocycles. The van der Waals surface area contributed by atoms with E-state index in [2.05, 4.69) is 15.5 Å². The van der Waals surface area contributed by atoms with E-state index in [4.69, 9.17) is 0 Å². The Morgan fingerprint density at radius 3 is 2.74 bits per heavy atom. The molecule has 8 heteroatoms. The fourth-order valence-electron chi connectivity index (χ4n) is 2.81. The van der Waals surface area contributed by atoms with Gasteiger partial charge < -0.3 is 5.32 Å². The lowest BCUT2D eigenvalue weighted by atomic mass is 9.96. The molecule has 2 N–H and O–H groups in total. The number of rotatable bonds is 3. The maximum Gasteiger partial charge on any atom is 0.416 e. The minimum atomic E-state index is -4.51. The number of nitrogens with one attached hydrogen (secondary N) is 2. The summed E-state index contributed by atoms with van der Waals surface area (Å²) in [6.07, 6.45) is -2.94. The smallest absolute Gasteiger partial charge is 0.353 e. The predicted octanol–water partition coefficient (Wildman–Crippen LogP) is 2.10. The molecular weight excluding hydrogens is 309 g/mol. The van der Waals surface area contributed by atoms with Gasteiger partial charge in [-0.3, -0.25) is 14.8 Å². The monoisotopic (exact) mass is 324 g/mol. The van der Waals surface area contributed by atoms with Crippen LogP contribution >= 0.6 is 0 Å². The molecule has 0 bridgehead atoms. The molecule has 1 saturated heterocycles. The molecule has 5 nitrogen and oxygen atoms in total. The number of benzene rings is 1. The number of alkyl halides is 3. The van der Waals surface area contributed by atoms with Crippen LogP contribution < -0.4 is 5.32 Å². The van der Waals surface area contributed by atoms with E-state index in [1.807, 2.05) is 0 Å². The molecule has 0 aliphatic carbocycles. The number of carbonyl (C=O) groups is 1. The largest absolute Gasteiger partial charge is 0.416 e. The number of halogens is 3. The number of piperazine rings is 1. The highest BCUT2D eigenvalue weighted by atomic mass is 19.4. The molecule has 0 saturated carbocycles. The molecule has 1 aliphatic rings. The summed E-state index contributed by atoms with van der Waals surface area (Å²) in [4.78, 5) is 14.0. The molecule has 0 unspecified atom stereocenters. The number of amides is 1. The first-order chi connectivity index (χ1) is 11.0. The van der Waals surface area contributed by atoms with E-state index in [-0.39, 0.29) is 5.56 Å². The zero-order valence-electron chi connectivity index (χ0n) is 12.1. The minimum absolute atomic E-state index is 0.0308. The molecule has 122 valence electrons. The average molecular weight is 324 g/mol. The Bertz CT molecular complexity index is 684. The van der Waals surface area contributed by atoms with Crippen molar-refractivity contribution in [3.63, 3.8) is 0 Å². The van der Waals surface area contributed by atoms with Crippen molar-refractivity contribution in [2.75, 3.05) is 13.1 Å². The predicted molar refractivity (Wildman–Crippen MR) is 76.2 cm³/mol. The first-order valence-corrected chi connectivity index (χ1v) is 7.13. The van der Waals surface area contributed by atoms with Crippen molar-refractivity contribution in [1.29, 1.82) is 0 Å². The highest BCUT2D eigenvalue weighted by molar-refractivity contribution is 5.84. The summed E-state index contributed by atoms with van der Waals surface area (Å²) in [5.74, 6) is -0.424. The van der Waals surface area contributed by atoms with Crippen LogP contribution in [0.5, 0.6) is 0 Å². The number of aromatic amines is 1. The SMILES string of the molecule is O=C1NCCN(Cc2ccn[nH]2)[C@@H]1c1ccccc1C(F)(F)F. The van der Waals surface area contributed by atoms with Crippen LogP contribution in [0, 0.1) is 0 Å². The lowest BCUT2D eigenvalue weighted by molar-refractivity contribution is -0.140. The van der Waals surface area contributed by atoms with Crippen LogP contribution in [0.25, 0.3) is 0 Å². The Labute approximate surface area is 130 Å². The van der Waals surface area contributed by atoms with Crippen molar-refractivity contribution < 1.29 is 18.0 Å². The minimum Gasteiger partial charge on any atom is -0.353 e. The van der Waals surface area contributed by atoms with Gasteiger partial charge in [-0.15, -0.1) is 0 Å². The molecule has 2 aromatic rings. The quantitative estimate of drug-likeness (QED) is 0.909. The number of nitrogens with zero attached hydrogens (tertiary/aromatic N) is 2. The van der Waals surface area contributed by atoms with Crippen LogP contribution in [0.2, 0.25) is 0 Å². The lowest BCUT2D eigenvalue weighted by Gasteiger charge is -2.36. The molecule has 0 radical (unpaired) electrons. The van der Waals surface area contributed by atoms with Gasteiger partial charge in [-0.05, 0) is 17.7 Å². The number of aromatic nitrogens is 2. The Kier molecular flexibility index (Phi) is 4.08. The summed E-state index contributed by atoms with van der Waals surface area (Å²) >= 11 is 0. The Morgan fingerprint density at radius 1 is 1.26 bits per heavy atom. The van der Waals surface area contributed by atoms with Crippen molar-refractivity contribution >= 4 is 5.91 Å². The van der Waals surface area contributed by atoms with Gasteiger partial charge in [-0.1, -0.05) is 18.2 Å². The van der Waals surface area contributed by atoms with Crippen molar-refractivity contribution in [2.45, 2.75) is 18.8 Å². The number of hydrogen-bond donors (Lipinski definition) is 2. The first-order valence-electron chi connectivity index (χ1n) is 7.13. The Morgan fingerprint density at radius 2 is 2.04 bits per heavy atom. The van der Waals surface area contributed by atoms with Crippen molar-refractivity contribution in [1.82, 2.24) is 20.4 Å². The van der Waals surface area contributed by atoms with Crippen molar-refractivity contribution in [3.05, 3.63) is 53.3 Å². The van der Waals surface area contributed by atoms with Crippen LogP contribution in [0.15, 0.2) is 36.5 Å². The second-order valence-electron chi connectivity index (χ2n) is 5.33. The van der Waals surface area contributed by atoms with Crippen LogP contribution in [0.1, 0.15) is 22.9 Å². The highest BCUT2D eigenvalue weighted by Crippen LogP contribution is 2.37. The lowest BCUT2D eigenvalue weighted by Crippen LogP contribution is -2.50. The third kappa shape index (κ3) is 3.21. The van der Waals surface area contributed by atoms with Gasteiger partial charge in [0, 0.05) is 31.5 Å². The third-order valence-corrected chi connectivity index (χ3v) is 3.80. The molecule has 1 amide bonds. The van der Waals surface area contributed by atoms with Crippen LogP contribution in [-0.2, 0) is 17.5 Å². The van der Waals surface area contributed by atoms with Gasteiger partial charge in [0.05, 0.1) is 5.56 Å². The van der Waals surface area contributed by atoms with E-state index >= 15 is 0 Å². The summed E-state index contributed by atoms with van der Waals surface area (Å²) < 4.78 is 39.8. The zero-order chi connectivity index (χ0) is 16.4. The zero-order valence-corrected chi connectivity index (χ0v) is 12.1. The Hall–Kier alpha value is -2.35. The summed E-state index contributed by atoms with van der Waals surface area (Å²) in [6.45, 7) is 1.18. The molecule has 23 heavy (non-hydrogen) atoms. The second-order valence-corrected chi connectivity index (χ2v) is 5.33. The molecule has 0 spiro atoms. The summed E-state index contributed by atoms with van der Waals surface area (Å²) in [6, 6.07) is 5.96. The fraction of sp³-hybridized carbons (Fsp3) is 0.333. The standard InChI is InChI=1S/C15H15F3N4O/c16-15(17,18)12-4-2-1-3-11(12)13-14(23)19-7-8-22(13)9-10-5-6-20-21-10/h1-6,13H,7-9H2,(H,19,23)(H,20,21)/t13-/m1/s1. The number of carbonyl (C=O) groups excluding carboxylic acids is 1. The molecular formula is C15H15F3N4O. The van der Waals surface area contributed by atoms with E-state index in [1.165, 1.54) is 18.2 Å². The molecule has 3 rings (SSSR count). The summed E-state index contributed by atoms with van der Waals surface area (Å²) in [7, 11) is 0. The topological polar surface area (TPSA) is 61.0 Å². The molecule has 1 fully saturated rings. The number of hydrogen-bond acceptors (Lipinski definition) is 3. The molecule has 1 aliphatic heterocycles. The van der Waals surface area contributed by atoms with Gasteiger partial charge in [-0.25, -0.2) is 0 Å². The first kappa shape index (κ1) is 15.5. The van der Waals surface area contributed by atoms with Crippen LogP contribution in [0.4, 0.5) is 13.2 Å². The highest BCUT2D eigenvalue weighted by Gasteiger charge is 2.40. The second kappa shape index (κ2) is 6.04. The van der Waals surface area contributed by atoms with Gasteiger partial charge in [0.1, 0.15) is 6.04 Å². The van der Waals surface area contributed by atoms with E-state index in [1.54, 1.807) is 17.2 Å². The van der Waals surface area contributed by atoms with Crippen molar-refractivity contribution in [2.24, 2.45) is 0 Å². The van der Waals surface area contributed by atoms with Crippen LogP contribution in [-0.4, -0.2) is 34.1 Å². The van der Waals surface area contributed by atoms with Crippen molar-refractivity contribution in [3.8, 4) is 0 Å². The van der Waals surface area contributed by atoms with Gasteiger partial charge in [-0.2, -0.15) is 18.3 Å². The number of H-pyrrole nitrogens is 1. The fourth-order valence-corrected chi connectivity index (χ4v) is 2.81. The molecule has 1 atom stereocenters. The van der Waals surface area contributed by atoms with E-state index in [9.17, 15) is 18.0 Å². The van der Waals surface area contributed by atoms with Gasteiger partial charge >= 0.3 is 6.18 Å². The molecule has 2 heterocycles. The summed E-state index contributed by atoms with van der Waals surface area (Å²) in [5.41, 5.74) is -0.0671. The normalized spacial score (nSPS) is 19.6. The van der Waals surface area contributed by atoms with E-state index in [0.717, 1.165) is 11.8 Å². The Balaban J connectivity index is 1.98. The van der Waals surface area contributed by atoms with E-state index in [0.29, 0.717) is 19.6 Å². The van der Waals surface area contributed by atoms with E-state index < -0.39 is 23.7 Å². The third-order valence-electron chi connectivity index (χ3n) is 3.80. The van der Waals surface area contributed by atoms with Crippen LogP contribution in [0.3, 0.4) is 0 Å².